The molecule has 0 bridgehead atoms. The van der Waals surface area contributed by atoms with Gasteiger partial charge in [-0.2, -0.15) is 0 Å². The summed E-state index contributed by atoms with van der Waals surface area (Å²) < 4.78 is 21.1. The second kappa shape index (κ2) is 8.64. The third-order valence-corrected chi connectivity index (χ3v) is 3.30. The van der Waals surface area contributed by atoms with Gasteiger partial charge in [0.2, 0.25) is 0 Å². The number of hydrogen-bond donors (Lipinski definition) is 2. The zero-order valence-electron chi connectivity index (χ0n) is 11.0. The molecule has 18 heavy (non-hydrogen) atoms. The lowest BCUT2D eigenvalue weighted by molar-refractivity contribution is 0.205. The van der Waals surface area contributed by atoms with E-state index < -0.39 is 7.60 Å². The fourth-order valence-electron chi connectivity index (χ4n) is 1.29. The van der Waals surface area contributed by atoms with E-state index in [1.54, 1.807) is 13.2 Å². The van der Waals surface area contributed by atoms with Crippen LogP contribution in [0.2, 0.25) is 0 Å². The summed E-state index contributed by atoms with van der Waals surface area (Å²) in [7, 11) is -3.96. The fourth-order valence-corrected chi connectivity index (χ4v) is 2.56. The van der Waals surface area contributed by atoms with Crippen LogP contribution in [0, 0.1) is 5.92 Å². The van der Waals surface area contributed by atoms with Gasteiger partial charge >= 0.3 is 7.60 Å². The van der Waals surface area contributed by atoms with Gasteiger partial charge in [-0.1, -0.05) is 6.92 Å². The van der Waals surface area contributed by atoms with E-state index in [0.717, 1.165) is 5.57 Å². The second-order valence-electron chi connectivity index (χ2n) is 4.23. The first-order chi connectivity index (χ1) is 8.24. The van der Waals surface area contributed by atoms with Gasteiger partial charge in [0.25, 0.3) is 0 Å². The predicted octanol–water partition coefficient (Wildman–Crippen LogP) is 2.47. The molecule has 0 aromatic carbocycles. The van der Waals surface area contributed by atoms with Gasteiger partial charge in [-0.3, -0.25) is 4.57 Å². The molecular formula is C11H21O5PS. The van der Waals surface area contributed by atoms with Crippen LogP contribution in [0.5, 0.6) is 0 Å². The molecule has 0 aliphatic heterocycles. The number of thiocarbonyl (C=S) groups is 1. The van der Waals surface area contributed by atoms with Crippen molar-refractivity contribution in [2.24, 2.45) is 5.92 Å². The fraction of sp³-hybridized carbons (Fsp3) is 0.727. The Morgan fingerprint density at radius 3 is 2.61 bits per heavy atom. The maximum absolute atomic E-state index is 10.7. The van der Waals surface area contributed by atoms with Gasteiger partial charge in [0.05, 0.1) is 25.6 Å². The van der Waals surface area contributed by atoms with Crippen molar-refractivity contribution in [2.75, 3.05) is 19.4 Å². The van der Waals surface area contributed by atoms with E-state index in [9.17, 15) is 4.57 Å². The Labute approximate surface area is 113 Å². The number of rotatable bonds is 8. The largest absolute Gasteiger partial charge is 0.501 e. The summed E-state index contributed by atoms with van der Waals surface area (Å²) in [4.78, 5) is 17.6. The number of hydrogen-bond acceptors (Lipinski definition) is 4. The van der Waals surface area contributed by atoms with Gasteiger partial charge in [0, 0.05) is 12.3 Å². The summed E-state index contributed by atoms with van der Waals surface area (Å²) in [6.07, 6.45) is 1.91. The molecule has 2 N–H and O–H groups in total. The molecule has 106 valence electrons. The van der Waals surface area contributed by atoms with Crippen LogP contribution >= 0.6 is 19.8 Å². The van der Waals surface area contributed by atoms with Crippen LogP contribution in [-0.4, -0.2) is 34.2 Å². The highest BCUT2D eigenvalue weighted by atomic mass is 32.1. The Balaban J connectivity index is 3.94. The molecule has 1 atom stereocenters. The molecule has 0 aliphatic carbocycles. The minimum absolute atomic E-state index is 0.169. The van der Waals surface area contributed by atoms with Gasteiger partial charge < -0.3 is 19.3 Å². The highest BCUT2D eigenvalue weighted by Gasteiger charge is 2.18. The van der Waals surface area contributed by atoms with Crippen LogP contribution in [0.25, 0.3) is 0 Å². The Kier molecular flexibility index (Phi) is 8.44. The van der Waals surface area contributed by atoms with E-state index >= 15 is 0 Å². The molecule has 0 heterocycles. The molecule has 7 heteroatoms. The third-order valence-electron chi connectivity index (χ3n) is 1.94. The van der Waals surface area contributed by atoms with Crippen LogP contribution in [0.1, 0.15) is 27.2 Å². The molecule has 5 nitrogen and oxygen atoms in total. The molecule has 0 spiro atoms. The van der Waals surface area contributed by atoms with Gasteiger partial charge in [0.1, 0.15) is 0 Å². The molecular weight excluding hydrogens is 275 g/mol. The van der Waals surface area contributed by atoms with Crippen molar-refractivity contribution in [2.45, 2.75) is 27.2 Å². The molecule has 0 radical (unpaired) electrons. The Bertz CT molecular complexity index is 336. The van der Waals surface area contributed by atoms with Crippen LogP contribution < -0.4 is 0 Å². The standard InChI is InChI=1S/C11H21O5PS/c1-4-16-11(18)5-9(2)6-15-7-10(3)8-17(12,13)14/h6,10H,4-5,7-8H2,1-3H3,(H2,12,13,14)/b9-6+. The Morgan fingerprint density at radius 2 is 2.11 bits per heavy atom. The highest BCUT2D eigenvalue weighted by molar-refractivity contribution is 7.80. The van der Waals surface area contributed by atoms with Gasteiger partial charge in [-0.25, -0.2) is 0 Å². The third kappa shape index (κ3) is 10.7. The molecule has 0 aliphatic rings. The van der Waals surface area contributed by atoms with E-state index in [-0.39, 0.29) is 18.7 Å². The lowest BCUT2D eigenvalue weighted by atomic mass is 10.2. The van der Waals surface area contributed by atoms with Crippen molar-refractivity contribution in [3.8, 4) is 0 Å². The van der Waals surface area contributed by atoms with Crippen LogP contribution in [0.15, 0.2) is 11.8 Å². The summed E-state index contributed by atoms with van der Waals surface area (Å²) >= 11 is 4.98. The summed E-state index contributed by atoms with van der Waals surface area (Å²) in [5.74, 6) is -0.200. The molecule has 0 aromatic rings. The topological polar surface area (TPSA) is 76.0 Å². The molecule has 1 unspecified atom stereocenters. The van der Waals surface area contributed by atoms with Crippen molar-refractivity contribution < 1.29 is 23.8 Å². The lowest BCUT2D eigenvalue weighted by Crippen LogP contribution is -2.09. The summed E-state index contributed by atoms with van der Waals surface area (Å²) in [6.45, 7) is 6.27. The van der Waals surface area contributed by atoms with Gasteiger partial charge in [-0.15, -0.1) is 0 Å². The van der Waals surface area contributed by atoms with Crippen LogP contribution in [0.3, 0.4) is 0 Å². The summed E-state index contributed by atoms with van der Waals surface area (Å²) in [5.41, 5.74) is 0.914. The molecule has 0 saturated carbocycles. The smallest absolute Gasteiger partial charge is 0.325 e. The minimum Gasteiger partial charge on any atom is -0.501 e. The van der Waals surface area contributed by atoms with Gasteiger partial charge in [0.15, 0.2) is 5.05 Å². The lowest BCUT2D eigenvalue weighted by Gasteiger charge is -2.12. The van der Waals surface area contributed by atoms with E-state index in [4.69, 9.17) is 31.5 Å². The van der Waals surface area contributed by atoms with Crippen LogP contribution in [-0.2, 0) is 14.0 Å². The number of ether oxygens (including phenoxy) is 2. The molecule has 0 rings (SSSR count). The monoisotopic (exact) mass is 296 g/mol. The predicted molar refractivity (Wildman–Crippen MR) is 74.6 cm³/mol. The Morgan fingerprint density at radius 1 is 1.50 bits per heavy atom. The van der Waals surface area contributed by atoms with Crippen molar-refractivity contribution in [1.82, 2.24) is 0 Å². The summed E-state index contributed by atoms with van der Waals surface area (Å²) in [6, 6.07) is 0. The highest BCUT2D eigenvalue weighted by Crippen LogP contribution is 2.36. The van der Waals surface area contributed by atoms with Crippen molar-refractivity contribution in [3.63, 3.8) is 0 Å². The maximum Gasteiger partial charge on any atom is 0.325 e. The molecule has 0 aromatic heterocycles. The first-order valence-corrected chi connectivity index (χ1v) is 7.92. The molecule has 0 saturated heterocycles. The SMILES string of the molecule is CCOC(=S)C/C(C)=C/OCC(C)CP(=O)(O)O. The van der Waals surface area contributed by atoms with Crippen molar-refractivity contribution >= 4 is 24.9 Å². The van der Waals surface area contributed by atoms with E-state index in [1.807, 2.05) is 13.8 Å². The molecule has 0 fully saturated rings. The second-order valence-corrected chi connectivity index (χ2v) is 6.38. The normalized spacial score (nSPS) is 14.2. The van der Waals surface area contributed by atoms with E-state index in [0.29, 0.717) is 18.1 Å². The zero-order chi connectivity index (χ0) is 14.2. The Hall–Kier alpha value is -0.420. The maximum atomic E-state index is 10.7. The van der Waals surface area contributed by atoms with Crippen LogP contribution in [0.4, 0.5) is 0 Å². The van der Waals surface area contributed by atoms with Crippen molar-refractivity contribution in [3.05, 3.63) is 11.8 Å². The first kappa shape index (κ1) is 17.6. The van der Waals surface area contributed by atoms with E-state index in [2.05, 4.69) is 0 Å². The van der Waals surface area contributed by atoms with Crippen molar-refractivity contribution in [1.29, 1.82) is 0 Å². The summed E-state index contributed by atoms with van der Waals surface area (Å²) in [5, 5.41) is 0.512. The minimum atomic E-state index is -3.96. The quantitative estimate of drug-likeness (QED) is 0.407. The van der Waals surface area contributed by atoms with Gasteiger partial charge in [-0.05, 0) is 31.6 Å². The first-order valence-electron chi connectivity index (χ1n) is 5.72. The molecule has 0 amide bonds. The average molecular weight is 296 g/mol. The zero-order valence-corrected chi connectivity index (χ0v) is 12.7. The van der Waals surface area contributed by atoms with E-state index in [1.165, 1.54) is 0 Å². The average Bonchev–Trinajstić information content (AvgIpc) is 2.14.